The molecule has 33 heavy (non-hydrogen) atoms. The van der Waals surface area contributed by atoms with Gasteiger partial charge in [-0.2, -0.15) is 0 Å². The number of amides is 3. The molecule has 0 heterocycles. The van der Waals surface area contributed by atoms with E-state index in [4.69, 9.17) is 10.5 Å². The number of nitrogens with two attached hydrogens (primary N) is 1. The first-order valence-electron chi connectivity index (χ1n) is 10.1. The van der Waals surface area contributed by atoms with Crippen LogP contribution in [-0.4, -0.2) is 23.0 Å². The minimum atomic E-state index is -0.933. The maximum Gasteiger partial charge on any atom is 0.414 e. The van der Waals surface area contributed by atoms with Gasteiger partial charge in [-0.25, -0.2) is 4.79 Å². The summed E-state index contributed by atoms with van der Waals surface area (Å²) in [7, 11) is 0. The lowest BCUT2D eigenvalue weighted by Crippen LogP contribution is -2.32. The Morgan fingerprint density at radius 2 is 1.61 bits per heavy atom. The lowest BCUT2D eigenvalue weighted by Gasteiger charge is -2.17. The highest BCUT2D eigenvalue weighted by Crippen LogP contribution is 2.24. The Hall–Kier alpha value is -4.59. The molecular formula is C25H23N3O5. The average molecular weight is 445 g/mol. The first-order valence-corrected chi connectivity index (χ1v) is 10.1. The second-order valence-electron chi connectivity index (χ2n) is 7.02. The summed E-state index contributed by atoms with van der Waals surface area (Å²) in [6.07, 6.45) is 1.25. The van der Waals surface area contributed by atoms with Crippen LogP contribution in [0.1, 0.15) is 28.4 Å². The van der Waals surface area contributed by atoms with Crippen LogP contribution in [0.4, 0.5) is 16.2 Å². The number of phenolic OH excluding ortho intramolecular Hbond substituents is 1. The van der Waals surface area contributed by atoms with E-state index < -0.39 is 24.0 Å². The summed E-state index contributed by atoms with van der Waals surface area (Å²) >= 11 is 0. The van der Waals surface area contributed by atoms with Crippen LogP contribution in [0.25, 0.3) is 0 Å². The third kappa shape index (κ3) is 6.96. The maximum atomic E-state index is 12.3. The van der Waals surface area contributed by atoms with Crippen molar-refractivity contribution < 1.29 is 24.2 Å². The number of benzene rings is 3. The smallest absolute Gasteiger partial charge is 0.414 e. The van der Waals surface area contributed by atoms with Crippen molar-refractivity contribution in [3.63, 3.8) is 0 Å². The predicted octanol–water partition coefficient (Wildman–Crippen LogP) is 4.17. The van der Waals surface area contributed by atoms with Gasteiger partial charge < -0.3 is 20.9 Å². The molecule has 8 nitrogen and oxygen atoms in total. The van der Waals surface area contributed by atoms with Gasteiger partial charge >= 0.3 is 6.09 Å². The molecule has 0 radical (unpaired) electrons. The quantitative estimate of drug-likeness (QED) is 0.319. The molecule has 0 saturated carbocycles. The number of nitrogens with one attached hydrogen (secondary N) is 2. The van der Waals surface area contributed by atoms with Crippen LogP contribution in [0.15, 0.2) is 91.0 Å². The minimum absolute atomic E-state index is 0.0524. The molecule has 0 spiro atoms. The number of nitrogen functional groups attached to an aromatic ring is 1. The summed E-state index contributed by atoms with van der Waals surface area (Å²) in [6, 6.07) is 21.2. The fourth-order valence-electron chi connectivity index (χ4n) is 2.94. The summed E-state index contributed by atoms with van der Waals surface area (Å²) < 4.78 is 5.43. The van der Waals surface area contributed by atoms with E-state index in [0.717, 1.165) is 0 Å². The van der Waals surface area contributed by atoms with E-state index in [2.05, 4.69) is 10.6 Å². The molecule has 0 aromatic heterocycles. The second-order valence-corrected chi connectivity index (χ2v) is 7.02. The van der Waals surface area contributed by atoms with Gasteiger partial charge in [-0.1, -0.05) is 48.5 Å². The largest absolute Gasteiger partial charge is 0.508 e. The van der Waals surface area contributed by atoms with E-state index >= 15 is 0 Å². The summed E-state index contributed by atoms with van der Waals surface area (Å²) in [6.45, 7) is 0. The molecule has 0 aliphatic heterocycles. The number of aromatic hydroxyl groups is 1. The summed E-state index contributed by atoms with van der Waals surface area (Å²) in [5.41, 5.74) is 7.63. The van der Waals surface area contributed by atoms with Gasteiger partial charge in [-0.3, -0.25) is 14.9 Å². The van der Waals surface area contributed by atoms with Crippen molar-refractivity contribution in [1.29, 1.82) is 0 Å². The number of carbonyl (C=O) groups is 3. The molecule has 0 bridgehead atoms. The molecule has 0 aliphatic rings. The summed E-state index contributed by atoms with van der Waals surface area (Å²) in [5.74, 6) is -0.946. The number of phenols is 1. The highest BCUT2D eigenvalue weighted by molar-refractivity contribution is 6.03. The molecule has 3 amide bonds. The first kappa shape index (κ1) is 23.1. The Kier molecular flexibility index (Phi) is 7.80. The third-order valence-electron chi connectivity index (χ3n) is 4.60. The summed E-state index contributed by atoms with van der Waals surface area (Å²) in [4.78, 5) is 36.7. The van der Waals surface area contributed by atoms with E-state index in [0.29, 0.717) is 22.5 Å². The van der Waals surface area contributed by atoms with Crippen molar-refractivity contribution in [1.82, 2.24) is 5.32 Å². The molecule has 8 heteroatoms. The molecule has 3 aromatic rings. The number of alkyl carbamates (subject to hydrolysis) is 1. The average Bonchev–Trinajstić information content (AvgIpc) is 2.81. The Bertz CT molecular complexity index is 1140. The van der Waals surface area contributed by atoms with Crippen molar-refractivity contribution >= 4 is 29.3 Å². The van der Waals surface area contributed by atoms with E-state index in [1.54, 1.807) is 66.7 Å². The normalized spacial score (nSPS) is 11.5. The van der Waals surface area contributed by atoms with Crippen LogP contribution in [0.2, 0.25) is 0 Å². The first-order chi connectivity index (χ1) is 15.9. The van der Waals surface area contributed by atoms with Crippen molar-refractivity contribution in [3.8, 4) is 5.75 Å². The Morgan fingerprint density at radius 3 is 2.30 bits per heavy atom. The van der Waals surface area contributed by atoms with Crippen molar-refractivity contribution in [3.05, 3.63) is 102 Å². The number of ether oxygens (including phenoxy) is 1. The van der Waals surface area contributed by atoms with Crippen molar-refractivity contribution in [2.45, 2.75) is 12.5 Å². The topological polar surface area (TPSA) is 131 Å². The molecule has 3 aromatic carbocycles. The number of imide groups is 1. The lowest BCUT2D eigenvalue weighted by molar-refractivity contribution is -0.111. The molecule has 168 valence electrons. The van der Waals surface area contributed by atoms with Crippen LogP contribution >= 0.6 is 0 Å². The van der Waals surface area contributed by atoms with Gasteiger partial charge in [0.2, 0.25) is 5.91 Å². The van der Waals surface area contributed by atoms with Gasteiger partial charge in [-0.15, -0.1) is 0 Å². The number of anilines is 2. The number of para-hydroxylation sites is 2. The van der Waals surface area contributed by atoms with Gasteiger partial charge in [0.05, 0.1) is 11.4 Å². The number of hydrogen-bond donors (Lipinski definition) is 4. The summed E-state index contributed by atoms with van der Waals surface area (Å²) in [5, 5.41) is 14.4. The standard InChI is InChI=1S/C25H23N3O5/c26-20-9-4-5-10-21(20)27-23(30)12-6-11-22(17-13-15-19(29)16-14-17)33-25(32)28-24(31)18-7-2-1-3-8-18/h1-10,12-16,22,29H,11,26H2,(H,27,30)(H,28,31,32)/b12-6+/t22-/m0/s1. The Labute approximate surface area is 190 Å². The molecule has 5 N–H and O–H groups in total. The fraction of sp³-hybridized carbons (Fsp3) is 0.0800. The van der Waals surface area contributed by atoms with Gasteiger partial charge in [0.25, 0.3) is 5.91 Å². The molecular weight excluding hydrogens is 422 g/mol. The highest BCUT2D eigenvalue weighted by Gasteiger charge is 2.18. The molecule has 0 fully saturated rings. The van der Waals surface area contributed by atoms with E-state index in [-0.39, 0.29) is 12.2 Å². The Morgan fingerprint density at radius 1 is 0.939 bits per heavy atom. The number of carbonyl (C=O) groups excluding carboxylic acids is 3. The van der Waals surface area contributed by atoms with Crippen LogP contribution in [-0.2, 0) is 9.53 Å². The van der Waals surface area contributed by atoms with Crippen molar-refractivity contribution in [2.24, 2.45) is 0 Å². The van der Waals surface area contributed by atoms with Crippen LogP contribution in [0.3, 0.4) is 0 Å². The maximum absolute atomic E-state index is 12.3. The van der Waals surface area contributed by atoms with E-state index in [1.165, 1.54) is 24.3 Å². The zero-order valence-electron chi connectivity index (χ0n) is 17.6. The lowest BCUT2D eigenvalue weighted by atomic mass is 10.1. The molecule has 0 saturated heterocycles. The van der Waals surface area contributed by atoms with Crippen LogP contribution < -0.4 is 16.4 Å². The predicted molar refractivity (Wildman–Crippen MR) is 124 cm³/mol. The van der Waals surface area contributed by atoms with Gasteiger partial charge in [0.1, 0.15) is 11.9 Å². The van der Waals surface area contributed by atoms with Crippen LogP contribution in [0, 0.1) is 0 Å². The minimum Gasteiger partial charge on any atom is -0.508 e. The third-order valence-corrected chi connectivity index (χ3v) is 4.60. The Balaban J connectivity index is 1.65. The zero-order valence-corrected chi connectivity index (χ0v) is 17.6. The van der Waals surface area contributed by atoms with E-state index in [1.807, 2.05) is 0 Å². The van der Waals surface area contributed by atoms with Crippen LogP contribution in [0.5, 0.6) is 5.75 Å². The second kappa shape index (κ2) is 11.1. The monoisotopic (exact) mass is 445 g/mol. The zero-order chi connectivity index (χ0) is 23.6. The van der Waals surface area contributed by atoms with E-state index in [9.17, 15) is 19.5 Å². The number of hydrogen-bond acceptors (Lipinski definition) is 6. The molecule has 3 rings (SSSR count). The van der Waals surface area contributed by atoms with Crippen molar-refractivity contribution in [2.75, 3.05) is 11.1 Å². The molecule has 0 unspecified atom stereocenters. The van der Waals surface area contributed by atoms with Gasteiger partial charge in [0.15, 0.2) is 0 Å². The fourth-order valence-corrected chi connectivity index (χ4v) is 2.94. The molecule has 0 aliphatic carbocycles. The SMILES string of the molecule is Nc1ccccc1NC(=O)/C=C/C[C@H](OC(=O)NC(=O)c1ccccc1)c1ccc(O)cc1. The highest BCUT2D eigenvalue weighted by atomic mass is 16.6. The molecule has 1 atom stereocenters. The number of rotatable bonds is 7. The van der Waals surface area contributed by atoms with Gasteiger partial charge in [0, 0.05) is 12.0 Å². The van der Waals surface area contributed by atoms with Gasteiger partial charge in [-0.05, 0) is 48.0 Å².